The van der Waals surface area contributed by atoms with Gasteiger partial charge in [-0.25, -0.2) is 22.5 Å². The first-order valence-electron chi connectivity index (χ1n) is 13.2. The molecule has 3 aliphatic heterocycles. The summed E-state index contributed by atoms with van der Waals surface area (Å²) in [5.41, 5.74) is 5.96. The summed E-state index contributed by atoms with van der Waals surface area (Å²) < 4.78 is 71.5. The fourth-order valence-corrected chi connectivity index (χ4v) is 6.98. The molecule has 0 radical (unpaired) electrons. The quantitative estimate of drug-likeness (QED) is 0.327. The predicted molar refractivity (Wildman–Crippen MR) is 143 cm³/mol. The second-order valence-electron chi connectivity index (χ2n) is 10.7. The third kappa shape index (κ3) is 4.22. The van der Waals surface area contributed by atoms with Crippen LogP contribution in [-0.4, -0.2) is 76.6 Å². The summed E-state index contributed by atoms with van der Waals surface area (Å²) in [5, 5.41) is 3.31. The summed E-state index contributed by atoms with van der Waals surface area (Å²) in [4.78, 5) is 15.1. The van der Waals surface area contributed by atoms with Gasteiger partial charge in [0, 0.05) is 37.2 Å². The molecule has 7 rings (SSSR count). The van der Waals surface area contributed by atoms with Gasteiger partial charge in [-0.3, -0.25) is 4.90 Å². The van der Waals surface area contributed by atoms with Gasteiger partial charge in [0.15, 0.2) is 17.1 Å². The molecule has 0 bridgehead atoms. The number of hydrogen-bond donors (Lipinski definition) is 2. The van der Waals surface area contributed by atoms with Gasteiger partial charge in [0.1, 0.15) is 30.2 Å². The van der Waals surface area contributed by atoms with E-state index in [1.807, 2.05) is 0 Å². The van der Waals surface area contributed by atoms with Crippen molar-refractivity contribution in [2.24, 2.45) is 0 Å². The number of rotatable bonds is 6. The molecule has 40 heavy (non-hydrogen) atoms. The second-order valence-corrected chi connectivity index (χ2v) is 11.7. The fourth-order valence-electron chi connectivity index (χ4n) is 6.22. The summed E-state index contributed by atoms with van der Waals surface area (Å²) in [5.74, 6) is -1.24. The number of thiazole rings is 1. The first kappa shape index (κ1) is 25.7. The van der Waals surface area contributed by atoms with Crippen LogP contribution in [0.15, 0.2) is 24.3 Å². The maximum absolute atomic E-state index is 16.3. The van der Waals surface area contributed by atoms with Crippen LogP contribution in [0.3, 0.4) is 0 Å². The molecule has 5 heterocycles. The zero-order valence-corrected chi connectivity index (χ0v) is 22.1. The van der Waals surface area contributed by atoms with Gasteiger partial charge in [-0.05, 0) is 37.6 Å². The fraction of sp³-hybridized carbons (Fsp3) is 0.444. The monoisotopic (exact) mass is 574 g/mol. The van der Waals surface area contributed by atoms with E-state index in [1.54, 1.807) is 6.07 Å². The Balaban J connectivity index is 1.32. The van der Waals surface area contributed by atoms with E-state index >= 15 is 4.39 Å². The van der Waals surface area contributed by atoms with Crippen molar-refractivity contribution in [2.75, 3.05) is 38.5 Å². The normalized spacial score (nSPS) is 26.6. The molecule has 0 amide bonds. The molecule has 0 spiro atoms. The molecule has 8 nitrogen and oxygen atoms in total. The van der Waals surface area contributed by atoms with Gasteiger partial charge in [-0.1, -0.05) is 17.4 Å². The highest BCUT2D eigenvalue weighted by atomic mass is 32.1. The number of nitrogen functional groups attached to an aromatic ring is 1. The molecule has 0 unspecified atom stereocenters. The Bertz CT molecular complexity index is 1620. The molecule has 3 saturated heterocycles. The van der Waals surface area contributed by atoms with Crippen molar-refractivity contribution in [1.82, 2.24) is 25.2 Å². The predicted octanol–water partition coefficient (Wildman–Crippen LogP) is 4.41. The number of aromatic nitrogens is 3. The second kappa shape index (κ2) is 9.67. The largest absolute Gasteiger partial charge is 0.469 e. The molecule has 3 fully saturated rings. The van der Waals surface area contributed by atoms with Crippen LogP contribution >= 0.6 is 11.3 Å². The molecular formula is C27H26F4N6O2S. The maximum Gasteiger partial charge on any atom is 0.320 e. The summed E-state index contributed by atoms with van der Waals surface area (Å²) in [7, 11) is 0. The van der Waals surface area contributed by atoms with Crippen LogP contribution in [0.2, 0.25) is 0 Å². The van der Waals surface area contributed by atoms with Crippen LogP contribution in [-0.2, 0) is 0 Å². The number of fused-ring (bicyclic) bond motifs is 3. The Morgan fingerprint density at radius 1 is 1.07 bits per heavy atom. The Hall–Kier alpha value is -3.29. The van der Waals surface area contributed by atoms with E-state index in [-0.39, 0.29) is 63.4 Å². The van der Waals surface area contributed by atoms with E-state index in [1.165, 1.54) is 18.2 Å². The summed E-state index contributed by atoms with van der Waals surface area (Å²) in [6.45, 7) is 1.67. The van der Waals surface area contributed by atoms with E-state index in [0.29, 0.717) is 18.5 Å². The van der Waals surface area contributed by atoms with Crippen molar-refractivity contribution in [3.63, 3.8) is 0 Å². The topological polar surface area (TPSA) is 98.4 Å². The molecule has 4 aromatic rings. The molecule has 2 aromatic carbocycles. The SMILES string of the molecule is Nc1nc2c(-c3ccc4c(O[C@H]5CNC[C@H]5F)nc(OC[C@@]56CCCN5C[C@H](F)C6)nc4c3F)ccc(F)c2s1. The molecule has 3 N–H and O–H groups in total. The number of anilines is 1. The first-order valence-corrected chi connectivity index (χ1v) is 14.0. The van der Waals surface area contributed by atoms with E-state index < -0.39 is 35.6 Å². The Kier molecular flexibility index (Phi) is 6.20. The summed E-state index contributed by atoms with van der Waals surface area (Å²) in [6.07, 6.45) is -0.986. The zero-order valence-electron chi connectivity index (χ0n) is 21.3. The maximum atomic E-state index is 16.3. The van der Waals surface area contributed by atoms with E-state index in [4.69, 9.17) is 15.2 Å². The molecule has 3 aliphatic rings. The Morgan fingerprint density at radius 3 is 2.75 bits per heavy atom. The minimum absolute atomic E-state index is 0.0143. The first-order chi connectivity index (χ1) is 19.3. The highest BCUT2D eigenvalue weighted by Gasteiger charge is 2.49. The third-order valence-electron chi connectivity index (χ3n) is 8.14. The molecule has 0 aliphatic carbocycles. The van der Waals surface area contributed by atoms with Gasteiger partial charge in [-0.2, -0.15) is 9.97 Å². The third-order valence-corrected chi connectivity index (χ3v) is 9.03. The highest BCUT2D eigenvalue weighted by Crippen LogP contribution is 2.41. The number of alkyl halides is 2. The van der Waals surface area contributed by atoms with Gasteiger partial charge in [-0.15, -0.1) is 0 Å². The van der Waals surface area contributed by atoms with Crippen LogP contribution in [0.4, 0.5) is 22.7 Å². The summed E-state index contributed by atoms with van der Waals surface area (Å²) in [6, 6.07) is 5.62. The molecule has 13 heteroatoms. The van der Waals surface area contributed by atoms with Crippen LogP contribution in [0, 0.1) is 11.6 Å². The standard InChI is InChI=1S/C27H26F4N6O2S/c28-13-8-27(6-1-7-37(27)11-13)12-38-26-35-21-16(24(36-26)39-19-10-33-9-18(19)30)3-2-14(20(21)31)15-4-5-17(29)23-22(15)34-25(32)40-23/h2-5,13,18-19,33H,1,6-12H2,(H2,32,34)/t13-,18-,19+,27+/m1/s1. The van der Waals surface area contributed by atoms with Crippen molar-refractivity contribution < 1.29 is 27.0 Å². The number of hydrogen-bond acceptors (Lipinski definition) is 9. The van der Waals surface area contributed by atoms with Crippen molar-refractivity contribution in [3.05, 3.63) is 35.9 Å². The number of ether oxygens (including phenoxy) is 2. The van der Waals surface area contributed by atoms with Gasteiger partial charge in [0.2, 0.25) is 5.88 Å². The van der Waals surface area contributed by atoms with E-state index in [2.05, 4.69) is 25.2 Å². The van der Waals surface area contributed by atoms with Crippen molar-refractivity contribution in [3.8, 4) is 23.0 Å². The van der Waals surface area contributed by atoms with Gasteiger partial charge < -0.3 is 20.5 Å². The Labute approximate surface area is 230 Å². The molecular weight excluding hydrogens is 548 g/mol. The summed E-state index contributed by atoms with van der Waals surface area (Å²) >= 11 is 0.977. The molecule has 2 aromatic heterocycles. The van der Waals surface area contributed by atoms with Crippen LogP contribution in [0.1, 0.15) is 19.3 Å². The number of nitrogens with two attached hydrogens (primary N) is 1. The average molecular weight is 575 g/mol. The number of nitrogens with one attached hydrogen (secondary N) is 1. The van der Waals surface area contributed by atoms with Crippen LogP contribution < -0.4 is 20.5 Å². The number of halogens is 4. The average Bonchev–Trinajstić information content (AvgIpc) is 3.68. The Morgan fingerprint density at radius 2 is 1.93 bits per heavy atom. The lowest BCUT2D eigenvalue weighted by Crippen LogP contribution is -2.43. The van der Waals surface area contributed by atoms with E-state index in [9.17, 15) is 13.2 Å². The van der Waals surface area contributed by atoms with Gasteiger partial charge >= 0.3 is 6.01 Å². The van der Waals surface area contributed by atoms with Gasteiger partial charge in [0.05, 0.1) is 21.1 Å². The minimum Gasteiger partial charge on any atom is -0.469 e. The van der Waals surface area contributed by atoms with Gasteiger partial charge in [0.25, 0.3) is 0 Å². The lowest BCUT2D eigenvalue weighted by atomic mass is 9.95. The number of benzene rings is 2. The highest BCUT2D eigenvalue weighted by molar-refractivity contribution is 7.22. The molecule has 4 atom stereocenters. The van der Waals surface area contributed by atoms with Crippen LogP contribution in [0.5, 0.6) is 11.9 Å². The van der Waals surface area contributed by atoms with Crippen molar-refractivity contribution in [2.45, 2.75) is 43.2 Å². The zero-order chi connectivity index (χ0) is 27.6. The van der Waals surface area contributed by atoms with Crippen LogP contribution in [0.25, 0.3) is 32.2 Å². The number of nitrogens with zero attached hydrogens (tertiary/aromatic N) is 4. The minimum atomic E-state index is -1.27. The molecule has 0 saturated carbocycles. The lowest BCUT2D eigenvalue weighted by molar-refractivity contribution is 0.104. The van der Waals surface area contributed by atoms with Crippen molar-refractivity contribution in [1.29, 1.82) is 0 Å². The smallest absolute Gasteiger partial charge is 0.320 e. The van der Waals surface area contributed by atoms with E-state index in [0.717, 1.165) is 30.7 Å². The van der Waals surface area contributed by atoms with Crippen molar-refractivity contribution >= 4 is 37.6 Å². The molecule has 210 valence electrons. The lowest BCUT2D eigenvalue weighted by Gasteiger charge is -2.30.